The number of hydrogen-bond donors (Lipinski definition) is 3. The molecule has 9 heteroatoms. The second kappa shape index (κ2) is 10.2. The third kappa shape index (κ3) is 6.48. The molecule has 0 spiro atoms. The van der Waals surface area contributed by atoms with E-state index in [1.165, 1.54) is 7.11 Å². The van der Waals surface area contributed by atoms with Crippen molar-refractivity contribution in [1.29, 1.82) is 0 Å². The molecule has 0 radical (unpaired) electrons. The lowest BCUT2D eigenvalue weighted by molar-refractivity contribution is -0.147. The number of ether oxygens (including phenoxy) is 2. The summed E-state index contributed by atoms with van der Waals surface area (Å²) >= 11 is 6.11. The summed E-state index contributed by atoms with van der Waals surface area (Å²) in [5, 5.41) is 5.41. The minimum atomic E-state index is -0.810. The number of amides is 3. The summed E-state index contributed by atoms with van der Waals surface area (Å²) in [6, 6.07) is 11.8. The lowest BCUT2D eigenvalue weighted by atomic mass is 10.0. The molecule has 0 bridgehead atoms. The van der Waals surface area contributed by atoms with Gasteiger partial charge in [-0.1, -0.05) is 29.8 Å². The first-order valence-electron chi connectivity index (χ1n) is 8.29. The molecule has 0 saturated carbocycles. The van der Waals surface area contributed by atoms with Crippen LogP contribution in [0.3, 0.4) is 0 Å². The van der Waals surface area contributed by atoms with Gasteiger partial charge in [0.2, 0.25) is 0 Å². The number of anilines is 1. The highest BCUT2D eigenvalue weighted by Crippen LogP contribution is 2.25. The predicted molar refractivity (Wildman–Crippen MR) is 104 cm³/mol. The SMILES string of the molecule is COc1ccc(NC(=O)COC(=O)C[C@H](NC(N)=O)c2ccccc2Cl)cc1. The molecule has 1 atom stereocenters. The molecule has 2 aromatic rings. The van der Waals surface area contributed by atoms with E-state index in [4.69, 9.17) is 26.8 Å². The zero-order chi connectivity index (χ0) is 20.5. The Hall–Kier alpha value is -3.26. The molecule has 148 valence electrons. The fraction of sp³-hybridized carbons (Fsp3) is 0.211. The Labute approximate surface area is 166 Å². The summed E-state index contributed by atoms with van der Waals surface area (Å²) in [6.07, 6.45) is -0.234. The zero-order valence-electron chi connectivity index (χ0n) is 15.1. The van der Waals surface area contributed by atoms with E-state index in [1.807, 2.05) is 0 Å². The average molecular weight is 406 g/mol. The summed E-state index contributed by atoms with van der Waals surface area (Å²) in [6.45, 7) is -0.476. The standard InChI is InChI=1S/C19H20ClN3O5/c1-27-13-8-6-12(7-9-13)22-17(24)11-28-18(25)10-16(23-19(21)26)14-4-2-3-5-15(14)20/h2-9,16H,10-11H2,1H3,(H,22,24)(H3,21,23,26)/t16-/m0/s1. The molecule has 4 N–H and O–H groups in total. The minimum absolute atomic E-state index is 0.234. The molecule has 0 fully saturated rings. The van der Waals surface area contributed by atoms with Gasteiger partial charge in [0.25, 0.3) is 5.91 Å². The Morgan fingerprint density at radius 2 is 1.79 bits per heavy atom. The minimum Gasteiger partial charge on any atom is -0.497 e. The van der Waals surface area contributed by atoms with Crippen molar-refractivity contribution in [3.8, 4) is 5.75 Å². The second-order valence-corrected chi connectivity index (χ2v) is 6.13. The Bertz CT molecular complexity index is 842. The van der Waals surface area contributed by atoms with Crippen molar-refractivity contribution in [3.63, 3.8) is 0 Å². The van der Waals surface area contributed by atoms with Crippen LogP contribution in [-0.2, 0) is 14.3 Å². The molecule has 0 aliphatic rings. The van der Waals surface area contributed by atoms with Crippen molar-refractivity contribution in [2.45, 2.75) is 12.5 Å². The van der Waals surface area contributed by atoms with Gasteiger partial charge >= 0.3 is 12.0 Å². The lowest BCUT2D eigenvalue weighted by Crippen LogP contribution is -2.35. The van der Waals surface area contributed by atoms with E-state index >= 15 is 0 Å². The summed E-state index contributed by atoms with van der Waals surface area (Å²) in [5.74, 6) is -0.545. The molecule has 28 heavy (non-hydrogen) atoms. The van der Waals surface area contributed by atoms with Crippen molar-refractivity contribution >= 4 is 35.2 Å². The summed E-state index contributed by atoms with van der Waals surface area (Å²) in [5.41, 5.74) is 6.22. The van der Waals surface area contributed by atoms with Gasteiger partial charge in [0.05, 0.1) is 19.6 Å². The Morgan fingerprint density at radius 3 is 2.39 bits per heavy atom. The van der Waals surface area contributed by atoms with Crippen LogP contribution in [0.2, 0.25) is 5.02 Å². The van der Waals surface area contributed by atoms with Gasteiger partial charge in [0, 0.05) is 10.7 Å². The highest BCUT2D eigenvalue weighted by Gasteiger charge is 2.21. The van der Waals surface area contributed by atoms with Crippen LogP contribution in [0.25, 0.3) is 0 Å². The Morgan fingerprint density at radius 1 is 1.11 bits per heavy atom. The molecule has 3 amide bonds. The van der Waals surface area contributed by atoms with E-state index in [0.717, 1.165) is 0 Å². The first-order valence-corrected chi connectivity index (χ1v) is 8.66. The number of carbonyl (C=O) groups excluding carboxylic acids is 3. The van der Waals surface area contributed by atoms with Crippen molar-refractivity contribution in [2.75, 3.05) is 19.0 Å². The second-order valence-electron chi connectivity index (χ2n) is 5.72. The van der Waals surface area contributed by atoms with Crippen LogP contribution in [-0.4, -0.2) is 31.6 Å². The topological polar surface area (TPSA) is 120 Å². The quantitative estimate of drug-likeness (QED) is 0.583. The van der Waals surface area contributed by atoms with Gasteiger partial charge in [-0.05, 0) is 35.9 Å². The van der Waals surface area contributed by atoms with Crippen molar-refractivity contribution in [2.24, 2.45) is 5.73 Å². The molecule has 0 aliphatic heterocycles. The smallest absolute Gasteiger partial charge is 0.312 e. The van der Waals surface area contributed by atoms with Gasteiger partial charge in [0.15, 0.2) is 6.61 Å². The third-order valence-electron chi connectivity index (χ3n) is 3.71. The number of rotatable bonds is 8. The summed E-state index contributed by atoms with van der Waals surface area (Å²) in [4.78, 5) is 35.3. The number of methoxy groups -OCH3 is 1. The van der Waals surface area contributed by atoms with Crippen LogP contribution in [0.5, 0.6) is 5.75 Å². The first-order chi connectivity index (χ1) is 13.4. The van der Waals surface area contributed by atoms with Crippen LogP contribution in [0.4, 0.5) is 10.5 Å². The van der Waals surface area contributed by atoms with Crippen molar-refractivity contribution < 1.29 is 23.9 Å². The van der Waals surface area contributed by atoms with Crippen LogP contribution in [0.1, 0.15) is 18.0 Å². The van der Waals surface area contributed by atoms with Crippen LogP contribution in [0, 0.1) is 0 Å². The molecule has 0 unspecified atom stereocenters. The van der Waals surface area contributed by atoms with E-state index in [2.05, 4.69) is 10.6 Å². The van der Waals surface area contributed by atoms with Gasteiger partial charge in [-0.2, -0.15) is 0 Å². The molecule has 2 rings (SSSR count). The van der Waals surface area contributed by atoms with Crippen LogP contribution < -0.4 is 21.1 Å². The molecular weight excluding hydrogens is 386 g/mol. The maximum absolute atomic E-state index is 12.1. The molecular formula is C19H20ClN3O5. The van der Waals surface area contributed by atoms with Gasteiger partial charge in [-0.3, -0.25) is 9.59 Å². The van der Waals surface area contributed by atoms with E-state index in [1.54, 1.807) is 48.5 Å². The summed E-state index contributed by atoms with van der Waals surface area (Å²) in [7, 11) is 1.54. The lowest BCUT2D eigenvalue weighted by Gasteiger charge is -2.18. The number of nitrogens with two attached hydrogens (primary N) is 1. The highest BCUT2D eigenvalue weighted by atomic mass is 35.5. The maximum Gasteiger partial charge on any atom is 0.312 e. The van der Waals surface area contributed by atoms with E-state index < -0.39 is 30.6 Å². The number of carbonyl (C=O) groups is 3. The van der Waals surface area contributed by atoms with Gasteiger partial charge in [0.1, 0.15) is 5.75 Å². The molecule has 0 saturated heterocycles. The average Bonchev–Trinajstić information content (AvgIpc) is 2.66. The first kappa shape index (κ1) is 21.0. The van der Waals surface area contributed by atoms with E-state index in [-0.39, 0.29) is 6.42 Å². The molecule has 8 nitrogen and oxygen atoms in total. The van der Waals surface area contributed by atoms with Gasteiger partial charge < -0.3 is 25.8 Å². The number of primary amides is 1. The van der Waals surface area contributed by atoms with Crippen LogP contribution >= 0.6 is 11.6 Å². The largest absolute Gasteiger partial charge is 0.497 e. The fourth-order valence-electron chi connectivity index (χ4n) is 2.41. The van der Waals surface area contributed by atoms with Gasteiger partial charge in [-0.25, -0.2) is 4.79 Å². The molecule has 0 heterocycles. The van der Waals surface area contributed by atoms with E-state index in [9.17, 15) is 14.4 Å². The zero-order valence-corrected chi connectivity index (χ0v) is 15.9. The van der Waals surface area contributed by atoms with Crippen molar-refractivity contribution in [1.82, 2.24) is 5.32 Å². The number of esters is 1. The number of halogens is 1. The third-order valence-corrected chi connectivity index (χ3v) is 4.05. The number of urea groups is 1. The van der Waals surface area contributed by atoms with Crippen molar-refractivity contribution in [3.05, 3.63) is 59.1 Å². The monoisotopic (exact) mass is 405 g/mol. The molecule has 2 aromatic carbocycles. The molecule has 0 aliphatic carbocycles. The maximum atomic E-state index is 12.1. The highest BCUT2D eigenvalue weighted by molar-refractivity contribution is 6.31. The van der Waals surface area contributed by atoms with Crippen LogP contribution in [0.15, 0.2) is 48.5 Å². The van der Waals surface area contributed by atoms with Gasteiger partial charge in [-0.15, -0.1) is 0 Å². The Kier molecular flexibility index (Phi) is 7.65. The van der Waals surface area contributed by atoms with E-state index in [0.29, 0.717) is 22.0 Å². The molecule has 0 aromatic heterocycles. The predicted octanol–water partition coefficient (Wildman–Crippen LogP) is 2.63. The number of nitrogens with one attached hydrogen (secondary N) is 2. The number of benzene rings is 2. The summed E-state index contributed by atoms with van der Waals surface area (Å²) < 4.78 is 10.0. The number of hydrogen-bond acceptors (Lipinski definition) is 5. The fourth-order valence-corrected chi connectivity index (χ4v) is 2.68. The normalized spacial score (nSPS) is 11.2. The Balaban J connectivity index is 1.90.